The zero-order chi connectivity index (χ0) is 27.4. The Hall–Kier alpha value is -4.42. The predicted octanol–water partition coefficient (Wildman–Crippen LogP) is 4.71. The standard InChI is InChI=1S/C30H29FN6O2/c1-20(37-18-25(14-27(31)30(37)38)28-12-22(15-32)6-9-33-28)23-4-3-5-24(13-23)29-34-16-26(17-35-29)39-19-21-7-10-36(2)11-8-21/h3-6,9,12-14,16-18,20-21H,7-8,10-11,19H2,1-2H3. The second-order valence-electron chi connectivity index (χ2n) is 9.93. The summed E-state index contributed by atoms with van der Waals surface area (Å²) >= 11 is 0. The Kier molecular flexibility index (Phi) is 7.75. The van der Waals surface area contributed by atoms with Crippen molar-refractivity contribution < 1.29 is 9.13 Å². The minimum Gasteiger partial charge on any atom is -0.490 e. The first-order valence-electron chi connectivity index (χ1n) is 12.9. The number of likely N-dealkylation sites (tertiary alicyclic amines) is 1. The molecule has 4 aromatic rings. The molecule has 39 heavy (non-hydrogen) atoms. The van der Waals surface area contributed by atoms with Gasteiger partial charge in [0.2, 0.25) is 0 Å². The van der Waals surface area contributed by atoms with E-state index in [0.29, 0.717) is 40.9 Å². The largest absolute Gasteiger partial charge is 0.490 e. The van der Waals surface area contributed by atoms with Crippen molar-refractivity contribution in [3.63, 3.8) is 0 Å². The van der Waals surface area contributed by atoms with Crippen molar-refractivity contribution in [3.8, 4) is 34.5 Å². The van der Waals surface area contributed by atoms with Gasteiger partial charge >= 0.3 is 0 Å². The van der Waals surface area contributed by atoms with Gasteiger partial charge in [0.1, 0.15) is 0 Å². The van der Waals surface area contributed by atoms with Gasteiger partial charge in [0, 0.05) is 23.5 Å². The molecule has 0 spiro atoms. The van der Waals surface area contributed by atoms with Gasteiger partial charge in [-0.25, -0.2) is 14.4 Å². The van der Waals surface area contributed by atoms with Crippen LogP contribution in [0.25, 0.3) is 22.6 Å². The number of nitrogens with zero attached hydrogens (tertiary/aromatic N) is 6. The van der Waals surface area contributed by atoms with Gasteiger partial charge in [-0.15, -0.1) is 0 Å². The van der Waals surface area contributed by atoms with Crippen molar-refractivity contribution >= 4 is 0 Å². The van der Waals surface area contributed by atoms with E-state index in [1.165, 1.54) is 10.8 Å². The second kappa shape index (κ2) is 11.5. The Morgan fingerprint density at radius 2 is 1.87 bits per heavy atom. The molecule has 1 aliphatic rings. The molecule has 3 aromatic heterocycles. The van der Waals surface area contributed by atoms with Crippen molar-refractivity contribution in [3.05, 3.63) is 94.5 Å². The molecule has 0 radical (unpaired) electrons. The number of piperidine rings is 1. The quantitative estimate of drug-likeness (QED) is 0.345. The van der Waals surface area contributed by atoms with Crippen LogP contribution in [0.5, 0.6) is 5.75 Å². The van der Waals surface area contributed by atoms with Gasteiger partial charge in [0.15, 0.2) is 17.4 Å². The number of benzene rings is 1. The lowest BCUT2D eigenvalue weighted by Gasteiger charge is -2.28. The Balaban J connectivity index is 1.35. The van der Waals surface area contributed by atoms with E-state index >= 15 is 0 Å². The van der Waals surface area contributed by atoms with Crippen LogP contribution in [0.1, 0.15) is 36.9 Å². The fourth-order valence-corrected chi connectivity index (χ4v) is 4.73. The van der Waals surface area contributed by atoms with Crippen LogP contribution in [0.4, 0.5) is 4.39 Å². The molecule has 0 saturated carbocycles. The van der Waals surface area contributed by atoms with E-state index < -0.39 is 17.4 Å². The molecular formula is C30H29FN6O2. The fraction of sp³-hybridized carbons (Fsp3) is 0.300. The number of hydrogen-bond acceptors (Lipinski definition) is 7. The zero-order valence-electron chi connectivity index (χ0n) is 21.9. The summed E-state index contributed by atoms with van der Waals surface area (Å²) in [4.78, 5) is 28.3. The molecule has 1 atom stereocenters. The van der Waals surface area contributed by atoms with Crippen molar-refractivity contribution in [1.29, 1.82) is 5.26 Å². The highest BCUT2D eigenvalue weighted by Gasteiger charge is 2.18. The molecule has 1 fully saturated rings. The Labute approximate surface area is 226 Å². The predicted molar refractivity (Wildman–Crippen MR) is 146 cm³/mol. The van der Waals surface area contributed by atoms with Crippen LogP contribution < -0.4 is 10.3 Å². The molecule has 0 amide bonds. The number of aromatic nitrogens is 4. The third kappa shape index (κ3) is 6.02. The van der Waals surface area contributed by atoms with Gasteiger partial charge in [-0.05, 0) is 75.6 Å². The van der Waals surface area contributed by atoms with Gasteiger partial charge in [-0.3, -0.25) is 9.78 Å². The van der Waals surface area contributed by atoms with Crippen molar-refractivity contribution in [2.75, 3.05) is 26.7 Å². The zero-order valence-corrected chi connectivity index (χ0v) is 21.9. The van der Waals surface area contributed by atoms with E-state index in [2.05, 4.69) is 33.0 Å². The molecule has 1 unspecified atom stereocenters. The average molecular weight is 525 g/mol. The minimum atomic E-state index is -0.890. The third-order valence-electron chi connectivity index (χ3n) is 7.18. The van der Waals surface area contributed by atoms with E-state index in [1.54, 1.807) is 30.7 Å². The van der Waals surface area contributed by atoms with Crippen molar-refractivity contribution in [1.82, 2.24) is 24.4 Å². The second-order valence-corrected chi connectivity index (χ2v) is 9.93. The number of halogens is 1. The molecule has 5 rings (SSSR count). The molecule has 1 saturated heterocycles. The van der Waals surface area contributed by atoms with Crippen molar-refractivity contribution in [2.45, 2.75) is 25.8 Å². The number of ether oxygens (including phenoxy) is 1. The molecule has 9 heteroatoms. The van der Waals surface area contributed by atoms with E-state index in [0.717, 1.165) is 43.1 Å². The summed E-state index contributed by atoms with van der Waals surface area (Å²) in [5.74, 6) is 0.811. The van der Waals surface area contributed by atoms with Crippen LogP contribution in [-0.4, -0.2) is 51.2 Å². The Morgan fingerprint density at radius 1 is 1.10 bits per heavy atom. The molecule has 4 heterocycles. The van der Waals surface area contributed by atoms with E-state index in [9.17, 15) is 14.4 Å². The van der Waals surface area contributed by atoms with E-state index in [1.807, 2.05) is 31.2 Å². The molecule has 198 valence electrons. The van der Waals surface area contributed by atoms with E-state index in [4.69, 9.17) is 4.74 Å². The lowest BCUT2D eigenvalue weighted by atomic mass is 9.98. The Morgan fingerprint density at radius 3 is 2.62 bits per heavy atom. The Bertz CT molecular complexity index is 1560. The summed E-state index contributed by atoms with van der Waals surface area (Å²) in [6.07, 6.45) is 8.66. The van der Waals surface area contributed by atoms with Crippen LogP contribution in [0.3, 0.4) is 0 Å². The number of nitriles is 1. The maximum atomic E-state index is 14.7. The summed E-state index contributed by atoms with van der Waals surface area (Å²) in [5, 5.41) is 9.20. The average Bonchev–Trinajstić information content (AvgIpc) is 2.98. The summed E-state index contributed by atoms with van der Waals surface area (Å²) in [6, 6.07) is 13.4. The van der Waals surface area contributed by atoms with Crippen LogP contribution in [0.15, 0.2) is 72.0 Å². The molecular weight excluding hydrogens is 495 g/mol. The van der Waals surface area contributed by atoms with Gasteiger partial charge in [0.05, 0.1) is 42.4 Å². The molecule has 1 aliphatic heterocycles. The van der Waals surface area contributed by atoms with Crippen LogP contribution >= 0.6 is 0 Å². The molecule has 1 aromatic carbocycles. The highest BCUT2D eigenvalue weighted by molar-refractivity contribution is 5.60. The van der Waals surface area contributed by atoms with Gasteiger partial charge in [-0.1, -0.05) is 18.2 Å². The van der Waals surface area contributed by atoms with Gasteiger partial charge in [-0.2, -0.15) is 5.26 Å². The summed E-state index contributed by atoms with van der Waals surface area (Å²) in [6.45, 7) is 4.66. The third-order valence-corrected chi connectivity index (χ3v) is 7.18. The van der Waals surface area contributed by atoms with Crippen LogP contribution in [0.2, 0.25) is 0 Å². The van der Waals surface area contributed by atoms with Crippen LogP contribution in [-0.2, 0) is 0 Å². The SMILES string of the molecule is CC(c1cccc(-c2ncc(OCC3CCN(C)CC3)cn2)c1)n1cc(-c2cc(C#N)ccn2)cc(F)c1=O. The first-order valence-corrected chi connectivity index (χ1v) is 12.9. The lowest BCUT2D eigenvalue weighted by Crippen LogP contribution is -2.32. The monoisotopic (exact) mass is 524 g/mol. The first-order chi connectivity index (χ1) is 18.9. The topological polar surface area (TPSA) is 96.9 Å². The maximum absolute atomic E-state index is 14.7. The summed E-state index contributed by atoms with van der Waals surface area (Å²) < 4.78 is 22.0. The lowest BCUT2D eigenvalue weighted by molar-refractivity contribution is 0.159. The number of pyridine rings is 2. The highest BCUT2D eigenvalue weighted by Crippen LogP contribution is 2.26. The number of rotatable bonds is 7. The highest BCUT2D eigenvalue weighted by atomic mass is 19.1. The smallest absolute Gasteiger partial charge is 0.287 e. The fourth-order valence-electron chi connectivity index (χ4n) is 4.73. The first kappa shape index (κ1) is 26.2. The summed E-state index contributed by atoms with van der Waals surface area (Å²) in [7, 11) is 2.14. The maximum Gasteiger partial charge on any atom is 0.287 e. The van der Waals surface area contributed by atoms with E-state index in [-0.39, 0.29) is 0 Å². The normalized spacial score (nSPS) is 15.0. The van der Waals surface area contributed by atoms with Crippen LogP contribution in [0, 0.1) is 23.1 Å². The van der Waals surface area contributed by atoms with Crippen molar-refractivity contribution in [2.24, 2.45) is 5.92 Å². The number of hydrogen-bond donors (Lipinski definition) is 0. The molecule has 0 aliphatic carbocycles. The molecule has 0 bridgehead atoms. The molecule has 8 nitrogen and oxygen atoms in total. The van der Waals surface area contributed by atoms with Gasteiger partial charge < -0.3 is 14.2 Å². The van der Waals surface area contributed by atoms with Gasteiger partial charge in [0.25, 0.3) is 5.56 Å². The summed E-state index contributed by atoms with van der Waals surface area (Å²) in [5.41, 5.74) is 2.04. The molecule has 0 N–H and O–H groups in total. The minimum absolute atomic E-state index is 0.400.